The number of aliphatic hydroxyl groups is 2. The molecule has 136 valence electrons. The van der Waals surface area contributed by atoms with Crippen LogP contribution in [0.25, 0.3) is 0 Å². The monoisotopic (exact) mass is 354 g/mol. The standard InChI is InChI=1S/C22H23FO3/c1-2-20(24)16-17-22(26)10-6-4-3-5-9-21(25)11-7-8-18-12-14-19(23)15-13-18/h3-5,9,12-15,21-22,25-26H,2,11,16-17H2,1H3/b4-3+,9-5+/t21-,22+/m0/s1. The van der Waals surface area contributed by atoms with Gasteiger partial charge in [-0.2, -0.15) is 0 Å². The van der Waals surface area contributed by atoms with Gasteiger partial charge in [-0.05, 0) is 36.8 Å². The molecule has 3 nitrogen and oxygen atoms in total. The fraction of sp³-hybridized carbons (Fsp3) is 0.318. The molecule has 0 heterocycles. The van der Waals surface area contributed by atoms with Crippen molar-refractivity contribution in [2.45, 2.75) is 44.8 Å². The molecule has 0 aliphatic heterocycles. The maximum Gasteiger partial charge on any atom is 0.132 e. The zero-order valence-corrected chi connectivity index (χ0v) is 14.8. The topological polar surface area (TPSA) is 57.5 Å². The van der Waals surface area contributed by atoms with Gasteiger partial charge in [-0.3, -0.25) is 4.79 Å². The zero-order chi connectivity index (χ0) is 19.2. The summed E-state index contributed by atoms with van der Waals surface area (Å²) in [4.78, 5) is 11.1. The molecular formula is C22H23FO3. The van der Waals surface area contributed by atoms with Gasteiger partial charge in [-0.25, -0.2) is 4.39 Å². The Morgan fingerprint density at radius 3 is 2.65 bits per heavy atom. The van der Waals surface area contributed by atoms with Crippen molar-refractivity contribution in [1.29, 1.82) is 0 Å². The third kappa shape index (κ3) is 10.3. The summed E-state index contributed by atoms with van der Waals surface area (Å²) in [5.41, 5.74) is 0.692. The highest BCUT2D eigenvalue weighted by Crippen LogP contribution is 2.01. The van der Waals surface area contributed by atoms with Gasteiger partial charge in [0.05, 0.1) is 6.10 Å². The minimum atomic E-state index is -0.813. The third-order valence-corrected chi connectivity index (χ3v) is 3.35. The highest BCUT2D eigenvalue weighted by atomic mass is 19.1. The summed E-state index contributed by atoms with van der Waals surface area (Å²) >= 11 is 0. The first-order valence-electron chi connectivity index (χ1n) is 8.48. The molecule has 1 rings (SSSR count). The molecule has 2 atom stereocenters. The van der Waals surface area contributed by atoms with Gasteiger partial charge in [0.1, 0.15) is 17.7 Å². The maximum absolute atomic E-state index is 12.8. The summed E-state index contributed by atoms with van der Waals surface area (Å²) in [6.07, 6.45) is 6.30. The number of halogens is 1. The number of hydrogen-bond acceptors (Lipinski definition) is 3. The molecule has 0 aromatic heterocycles. The van der Waals surface area contributed by atoms with Crippen molar-refractivity contribution < 1.29 is 19.4 Å². The van der Waals surface area contributed by atoms with Crippen LogP contribution in [0.3, 0.4) is 0 Å². The Morgan fingerprint density at radius 2 is 1.96 bits per heavy atom. The average molecular weight is 354 g/mol. The van der Waals surface area contributed by atoms with E-state index in [4.69, 9.17) is 0 Å². The molecule has 1 aromatic carbocycles. The number of ketones is 1. The third-order valence-electron chi connectivity index (χ3n) is 3.35. The first-order chi connectivity index (χ1) is 12.5. The summed E-state index contributed by atoms with van der Waals surface area (Å²) in [7, 11) is 0. The second kappa shape index (κ2) is 12.7. The Labute approximate surface area is 154 Å². The number of aliphatic hydroxyl groups excluding tert-OH is 2. The maximum atomic E-state index is 12.8. The van der Waals surface area contributed by atoms with Gasteiger partial charge >= 0.3 is 0 Å². The van der Waals surface area contributed by atoms with Crippen molar-refractivity contribution in [3.05, 3.63) is 60.0 Å². The van der Waals surface area contributed by atoms with Crippen LogP contribution in [-0.2, 0) is 4.79 Å². The van der Waals surface area contributed by atoms with Gasteiger partial charge < -0.3 is 10.2 Å². The van der Waals surface area contributed by atoms with Crippen LogP contribution in [0.1, 0.15) is 38.2 Å². The van der Waals surface area contributed by atoms with E-state index >= 15 is 0 Å². The molecule has 2 N–H and O–H groups in total. The molecule has 0 saturated carbocycles. The van der Waals surface area contributed by atoms with Crippen LogP contribution in [0.5, 0.6) is 0 Å². The van der Waals surface area contributed by atoms with Gasteiger partial charge in [-0.1, -0.05) is 48.8 Å². The summed E-state index contributed by atoms with van der Waals surface area (Å²) in [6, 6.07) is 5.84. The Morgan fingerprint density at radius 1 is 1.23 bits per heavy atom. The van der Waals surface area contributed by atoms with Crippen molar-refractivity contribution in [3.63, 3.8) is 0 Å². The van der Waals surface area contributed by atoms with Crippen LogP contribution in [0.4, 0.5) is 4.39 Å². The van der Waals surface area contributed by atoms with Crippen molar-refractivity contribution in [1.82, 2.24) is 0 Å². The van der Waals surface area contributed by atoms with Crippen molar-refractivity contribution in [3.8, 4) is 23.7 Å². The summed E-state index contributed by atoms with van der Waals surface area (Å²) in [6.45, 7) is 1.79. The summed E-state index contributed by atoms with van der Waals surface area (Å²) < 4.78 is 12.8. The van der Waals surface area contributed by atoms with Gasteiger partial charge in [-0.15, -0.1) is 0 Å². The Hall–Kier alpha value is -2.66. The molecule has 0 fully saturated rings. The lowest BCUT2D eigenvalue weighted by atomic mass is 10.1. The molecule has 0 radical (unpaired) electrons. The quantitative estimate of drug-likeness (QED) is 0.584. The molecule has 0 aliphatic rings. The Kier molecular flexibility index (Phi) is 10.4. The minimum Gasteiger partial charge on any atom is -0.388 e. The molecule has 0 saturated heterocycles. The van der Waals surface area contributed by atoms with Gasteiger partial charge in [0.15, 0.2) is 0 Å². The van der Waals surface area contributed by atoms with Gasteiger partial charge in [0.25, 0.3) is 0 Å². The lowest BCUT2D eigenvalue weighted by molar-refractivity contribution is -0.119. The van der Waals surface area contributed by atoms with Crippen LogP contribution in [0.2, 0.25) is 0 Å². The number of carbonyl (C=O) groups excluding carboxylic acids is 1. The van der Waals surface area contributed by atoms with Crippen LogP contribution >= 0.6 is 0 Å². The van der Waals surface area contributed by atoms with Crippen LogP contribution in [0, 0.1) is 29.5 Å². The Bertz CT molecular complexity index is 740. The second-order valence-corrected chi connectivity index (χ2v) is 5.56. The normalized spacial score (nSPS) is 12.9. The fourth-order valence-corrected chi connectivity index (χ4v) is 1.85. The van der Waals surface area contributed by atoms with E-state index in [0.29, 0.717) is 24.8 Å². The van der Waals surface area contributed by atoms with Crippen LogP contribution in [-0.4, -0.2) is 28.2 Å². The number of hydrogen-bond donors (Lipinski definition) is 2. The SMILES string of the molecule is CCC(=O)CC[C@H](O)C#C/C=C/C=C/[C@H](O)CC#Cc1ccc(F)cc1. The average Bonchev–Trinajstić information content (AvgIpc) is 2.64. The summed E-state index contributed by atoms with van der Waals surface area (Å²) in [5.74, 6) is 10.8. The molecule has 4 heteroatoms. The first-order valence-corrected chi connectivity index (χ1v) is 8.48. The van der Waals surface area contributed by atoms with Crippen molar-refractivity contribution >= 4 is 5.78 Å². The van der Waals surface area contributed by atoms with Crippen molar-refractivity contribution in [2.24, 2.45) is 0 Å². The number of allylic oxidation sites excluding steroid dienone is 3. The van der Waals surface area contributed by atoms with E-state index in [-0.39, 0.29) is 18.0 Å². The largest absolute Gasteiger partial charge is 0.388 e. The van der Waals surface area contributed by atoms with Gasteiger partial charge in [0.2, 0.25) is 0 Å². The number of Topliss-reactive ketones (excluding diaryl/α,β-unsaturated/α-hetero) is 1. The minimum absolute atomic E-state index is 0.112. The van der Waals surface area contributed by atoms with E-state index in [1.165, 1.54) is 12.1 Å². The first kappa shape index (κ1) is 21.4. The predicted octanol–water partition coefficient (Wildman–Crippen LogP) is 3.16. The van der Waals surface area contributed by atoms with Crippen LogP contribution in [0.15, 0.2) is 48.6 Å². The number of rotatable bonds is 7. The molecule has 26 heavy (non-hydrogen) atoms. The fourth-order valence-electron chi connectivity index (χ4n) is 1.85. The molecule has 1 aromatic rings. The second-order valence-electron chi connectivity index (χ2n) is 5.56. The molecule has 0 amide bonds. The van der Waals surface area contributed by atoms with E-state index in [2.05, 4.69) is 23.7 Å². The zero-order valence-electron chi connectivity index (χ0n) is 14.8. The van der Waals surface area contributed by atoms with E-state index in [0.717, 1.165) is 0 Å². The molecular weight excluding hydrogens is 331 g/mol. The predicted molar refractivity (Wildman–Crippen MR) is 100 cm³/mol. The smallest absolute Gasteiger partial charge is 0.132 e. The summed E-state index contributed by atoms with van der Waals surface area (Å²) in [5, 5.41) is 19.4. The molecule has 0 bridgehead atoms. The highest BCUT2D eigenvalue weighted by Gasteiger charge is 2.03. The Balaban J connectivity index is 2.32. The molecule has 0 spiro atoms. The highest BCUT2D eigenvalue weighted by molar-refractivity contribution is 5.78. The number of benzene rings is 1. The van der Waals surface area contributed by atoms with Crippen molar-refractivity contribution in [2.75, 3.05) is 0 Å². The number of carbonyl (C=O) groups is 1. The van der Waals surface area contributed by atoms with E-state index < -0.39 is 12.2 Å². The van der Waals surface area contributed by atoms with E-state index in [9.17, 15) is 19.4 Å². The van der Waals surface area contributed by atoms with E-state index in [1.54, 1.807) is 43.4 Å². The van der Waals surface area contributed by atoms with Crippen LogP contribution < -0.4 is 0 Å². The van der Waals surface area contributed by atoms with E-state index in [1.807, 2.05) is 0 Å². The van der Waals surface area contributed by atoms with Gasteiger partial charge in [0, 0.05) is 24.8 Å². The lowest BCUT2D eigenvalue weighted by Gasteiger charge is -2.00. The lowest BCUT2D eigenvalue weighted by Crippen LogP contribution is -2.06. The molecule has 0 unspecified atom stereocenters. The molecule has 0 aliphatic carbocycles.